The number of hydrogen-bond donors (Lipinski definition) is 2. The summed E-state index contributed by atoms with van der Waals surface area (Å²) in [4.78, 5) is 12.0. The third-order valence-corrected chi connectivity index (χ3v) is 3.46. The summed E-state index contributed by atoms with van der Waals surface area (Å²) in [5, 5.41) is 2.90. The maximum absolute atomic E-state index is 12.0. The van der Waals surface area contributed by atoms with Crippen molar-refractivity contribution in [3.8, 4) is 0 Å². The van der Waals surface area contributed by atoms with Crippen LogP contribution in [-0.4, -0.2) is 25.7 Å². The summed E-state index contributed by atoms with van der Waals surface area (Å²) < 4.78 is 6.08. The van der Waals surface area contributed by atoms with Crippen molar-refractivity contribution in [2.45, 2.75) is 6.54 Å². The highest BCUT2D eigenvalue weighted by atomic mass is 79.9. The van der Waals surface area contributed by atoms with Crippen LogP contribution in [0.3, 0.4) is 0 Å². The zero-order valence-electron chi connectivity index (χ0n) is 9.41. The van der Waals surface area contributed by atoms with Crippen LogP contribution >= 0.6 is 15.9 Å². The number of ether oxygens (including phenoxy) is 1. The van der Waals surface area contributed by atoms with E-state index in [0.717, 1.165) is 10.0 Å². The molecule has 1 aliphatic rings. The first-order valence-corrected chi connectivity index (χ1v) is 6.26. The van der Waals surface area contributed by atoms with Gasteiger partial charge in [-0.25, -0.2) is 0 Å². The molecule has 1 aliphatic heterocycles. The molecule has 0 aliphatic carbocycles. The van der Waals surface area contributed by atoms with E-state index in [4.69, 9.17) is 10.5 Å². The summed E-state index contributed by atoms with van der Waals surface area (Å²) in [6.45, 7) is 1.69. The molecule has 0 radical (unpaired) electrons. The van der Waals surface area contributed by atoms with E-state index in [1.54, 1.807) is 0 Å². The highest BCUT2D eigenvalue weighted by Crippen LogP contribution is 2.26. The number of rotatable bonds is 4. The Kier molecular flexibility index (Phi) is 3.81. The lowest BCUT2D eigenvalue weighted by Crippen LogP contribution is -2.58. The van der Waals surface area contributed by atoms with Gasteiger partial charge in [0.25, 0.3) is 0 Å². The Balaban J connectivity index is 1.92. The predicted molar refractivity (Wildman–Crippen MR) is 68.3 cm³/mol. The first kappa shape index (κ1) is 12.5. The van der Waals surface area contributed by atoms with Gasteiger partial charge in [-0.3, -0.25) is 4.79 Å². The standard InChI is InChI=1S/C12H15BrN2O2/c13-10-3-1-2-9(4-10)5-15-11(16)12(6-14)7-17-8-12/h1-4H,5-8,14H2,(H,15,16). The Morgan fingerprint density at radius 2 is 2.29 bits per heavy atom. The van der Waals surface area contributed by atoms with E-state index in [1.165, 1.54) is 0 Å². The molecule has 1 saturated heterocycles. The van der Waals surface area contributed by atoms with E-state index in [9.17, 15) is 4.79 Å². The zero-order chi connectivity index (χ0) is 12.3. The molecule has 92 valence electrons. The normalized spacial score (nSPS) is 17.3. The molecule has 1 aromatic carbocycles. The molecule has 1 aromatic rings. The summed E-state index contributed by atoms with van der Waals surface area (Å²) in [5.74, 6) is -0.0220. The molecule has 5 heteroatoms. The number of hydrogen-bond acceptors (Lipinski definition) is 3. The van der Waals surface area contributed by atoms with Crippen LogP contribution in [0, 0.1) is 5.41 Å². The predicted octanol–water partition coefficient (Wildman–Crippen LogP) is 1.04. The maximum Gasteiger partial charge on any atom is 0.232 e. The highest BCUT2D eigenvalue weighted by Gasteiger charge is 2.44. The van der Waals surface area contributed by atoms with Gasteiger partial charge in [-0.05, 0) is 17.7 Å². The quantitative estimate of drug-likeness (QED) is 0.873. The molecule has 4 nitrogen and oxygen atoms in total. The molecule has 0 aromatic heterocycles. The van der Waals surface area contributed by atoms with Crippen LogP contribution in [0.25, 0.3) is 0 Å². The largest absolute Gasteiger partial charge is 0.379 e. The summed E-state index contributed by atoms with van der Waals surface area (Å²) in [7, 11) is 0. The van der Waals surface area contributed by atoms with Gasteiger partial charge in [-0.1, -0.05) is 28.1 Å². The first-order chi connectivity index (χ1) is 8.16. The Morgan fingerprint density at radius 1 is 1.53 bits per heavy atom. The Morgan fingerprint density at radius 3 is 2.82 bits per heavy atom. The van der Waals surface area contributed by atoms with Gasteiger partial charge < -0.3 is 15.8 Å². The summed E-state index contributed by atoms with van der Waals surface area (Å²) in [6.07, 6.45) is 0. The molecule has 0 bridgehead atoms. The van der Waals surface area contributed by atoms with Gasteiger partial charge in [0.1, 0.15) is 5.41 Å². The molecular formula is C12H15BrN2O2. The number of carbonyl (C=O) groups excluding carboxylic acids is 1. The summed E-state index contributed by atoms with van der Waals surface area (Å²) in [6, 6.07) is 7.84. The Hall–Kier alpha value is -0.910. The van der Waals surface area contributed by atoms with E-state index < -0.39 is 5.41 Å². The van der Waals surface area contributed by atoms with E-state index in [2.05, 4.69) is 21.2 Å². The molecule has 17 heavy (non-hydrogen) atoms. The molecule has 2 rings (SSSR count). The molecule has 0 spiro atoms. The fourth-order valence-electron chi connectivity index (χ4n) is 1.71. The van der Waals surface area contributed by atoms with Crippen molar-refractivity contribution >= 4 is 21.8 Å². The Bertz CT molecular complexity index is 413. The van der Waals surface area contributed by atoms with Gasteiger partial charge in [-0.2, -0.15) is 0 Å². The average molecular weight is 299 g/mol. The van der Waals surface area contributed by atoms with Gasteiger partial charge in [0.15, 0.2) is 0 Å². The maximum atomic E-state index is 12.0. The van der Waals surface area contributed by atoms with Gasteiger partial charge in [0.2, 0.25) is 5.91 Å². The van der Waals surface area contributed by atoms with Crippen molar-refractivity contribution in [2.75, 3.05) is 19.8 Å². The summed E-state index contributed by atoms with van der Waals surface area (Å²) in [5.41, 5.74) is 6.16. The minimum Gasteiger partial charge on any atom is -0.379 e. The summed E-state index contributed by atoms with van der Waals surface area (Å²) >= 11 is 3.39. The van der Waals surface area contributed by atoms with Crippen LogP contribution in [0.2, 0.25) is 0 Å². The van der Waals surface area contributed by atoms with Crippen molar-refractivity contribution < 1.29 is 9.53 Å². The van der Waals surface area contributed by atoms with Crippen LogP contribution in [-0.2, 0) is 16.1 Å². The molecule has 1 heterocycles. The second kappa shape index (κ2) is 5.16. The molecule has 3 N–H and O–H groups in total. The van der Waals surface area contributed by atoms with Crippen LogP contribution < -0.4 is 11.1 Å². The number of benzene rings is 1. The number of amides is 1. The number of nitrogens with one attached hydrogen (secondary N) is 1. The number of halogens is 1. The lowest BCUT2D eigenvalue weighted by atomic mass is 9.85. The second-order valence-corrected chi connectivity index (χ2v) is 5.21. The van der Waals surface area contributed by atoms with E-state index in [0.29, 0.717) is 26.3 Å². The monoisotopic (exact) mass is 298 g/mol. The lowest BCUT2D eigenvalue weighted by Gasteiger charge is -2.38. The van der Waals surface area contributed by atoms with Crippen molar-refractivity contribution in [3.63, 3.8) is 0 Å². The average Bonchev–Trinajstić information content (AvgIpc) is 2.26. The van der Waals surface area contributed by atoms with Crippen LogP contribution in [0.1, 0.15) is 5.56 Å². The molecular weight excluding hydrogens is 284 g/mol. The Labute approximate surface area is 109 Å². The fourth-order valence-corrected chi connectivity index (χ4v) is 2.15. The van der Waals surface area contributed by atoms with E-state index >= 15 is 0 Å². The van der Waals surface area contributed by atoms with Crippen LogP contribution in [0.4, 0.5) is 0 Å². The zero-order valence-corrected chi connectivity index (χ0v) is 11.0. The third-order valence-electron chi connectivity index (χ3n) is 2.97. The molecule has 0 saturated carbocycles. The fraction of sp³-hybridized carbons (Fsp3) is 0.417. The van der Waals surface area contributed by atoms with Gasteiger partial charge >= 0.3 is 0 Å². The third kappa shape index (κ3) is 2.68. The van der Waals surface area contributed by atoms with E-state index in [1.807, 2.05) is 24.3 Å². The van der Waals surface area contributed by atoms with E-state index in [-0.39, 0.29) is 5.91 Å². The lowest BCUT2D eigenvalue weighted by molar-refractivity contribution is -0.159. The SMILES string of the molecule is NCC1(C(=O)NCc2cccc(Br)c2)COC1. The highest BCUT2D eigenvalue weighted by molar-refractivity contribution is 9.10. The van der Waals surface area contributed by atoms with Crippen LogP contribution in [0.5, 0.6) is 0 Å². The van der Waals surface area contributed by atoms with Gasteiger partial charge in [-0.15, -0.1) is 0 Å². The van der Waals surface area contributed by atoms with Crippen molar-refractivity contribution in [3.05, 3.63) is 34.3 Å². The molecule has 0 atom stereocenters. The molecule has 1 fully saturated rings. The molecule has 1 amide bonds. The van der Waals surface area contributed by atoms with Gasteiger partial charge in [0.05, 0.1) is 13.2 Å². The topological polar surface area (TPSA) is 64.4 Å². The minimum absolute atomic E-state index is 0.0220. The second-order valence-electron chi connectivity index (χ2n) is 4.29. The van der Waals surface area contributed by atoms with Crippen molar-refractivity contribution in [2.24, 2.45) is 11.1 Å². The van der Waals surface area contributed by atoms with Crippen LogP contribution in [0.15, 0.2) is 28.7 Å². The number of nitrogens with two attached hydrogens (primary N) is 1. The van der Waals surface area contributed by atoms with Crippen molar-refractivity contribution in [1.82, 2.24) is 5.32 Å². The first-order valence-electron chi connectivity index (χ1n) is 5.47. The van der Waals surface area contributed by atoms with Gasteiger partial charge in [0, 0.05) is 17.6 Å². The number of carbonyl (C=O) groups is 1. The minimum atomic E-state index is -0.508. The molecule has 0 unspecified atom stereocenters. The smallest absolute Gasteiger partial charge is 0.232 e. The van der Waals surface area contributed by atoms with Crippen molar-refractivity contribution in [1.29, 1.82) is 0 Å².